The van der Waals surface area contributed by atoms with Gasteiger partial charge in [0.25, 0.3) is 0 Å². The lowest BCUT2D eigenvalue weighted by molar-refractivity contribution is 0.410. The molecule has 0 radical (unpaired) electrons. The summed E-state index contributed by atoms with van der Waals surface area (Å²) < 4.78 is 18.3. The van der Waals surface area contributed by atoms with Crippen molar-refractivity contribution in [2.45, 2.75) is 6.54 Å². The molecule has 5 heteroatoms. The summed E-state index contributed by atoms with van der Waals surface area (Å²) in [6, 6.07) is 13.9. The standard InChI is InChI=1S/C15H16FN3O/c1-20-14-8-11(7-12(16)9-14)10-18-15(17)19-13-5-3-2-4-6-13/h2-9H,10H2,1H3,(H3,17,18,19). The average molecular weight is 273 g/mol. The van der Waals surface area contributed by atoms with Crippen LogP contribution >= 0.6 is 0 Å². The molecule has 0 spiro atoms. The van der Waals surface area contributed by atoms with Crippen molar-refractivity contribution in [1.29, 1.82) is 0 Å². The third kappa shape index (κ3) is 3.98. The molecule has 0 aromatic heterocycles. The third-order valence-corrected chi connectivity index (χ3v) is 2.64. The van der Waals surface area contributed by atoms with Gasteiger partial charge in [0.1, 0.15) is 11.6 Å². The second kappa shape index (κ2) is 6.56. The highest BCUT2D eigenvalue weighted by atomic mass is 19.1. The van der Waals surface area contributed by atoms with E-state index in [1.165, 1.54) is 19.2 Å². The summed E-state index contributed by atoms with van der Waals surface area (Å²) in [6.07, 6.45) is 0. The van der Waals surface area contributed by atoms with Gasteiger partial charge in [0.15, 0.2) is 5.96 Å². The van der Waals surface area contributed by atoms with Crippen molar-refractivity contribution < 1.29 is 9.13 Å². The summed E-state index contributed by atoms with van der Waals surface area (Å²) in [5.41, 5.74) is 7.32. The van der Waals surface area contributed by atoms with Crippen LogP contribution in [0.2, 0.25) is 0 Å². The van der Waals surface area contributed by atoms with Crippen molar-refractivity contribution in [3.63, 3.8) is 0 Å². The van der Waals surface area contributed by atoms with Crippen molar-refractivity contribution >= 4 is 11.6 Å². The first-order valence-electron chi connectivity index (χ1n) is 6.13. The molecular formula is C15H16FN3O. The molecule has 0 bridgehead atoms. The fourth-order valence-corrected chi connectivity index (χ4v) is 1.72. The minimum absolute atomic E-state index is 0.277. The van der Waals surface area contributed by atoms with E-state index in [1.807, 2.05) is 30.3 Å². The number of nitrogens with zero attached hydrogens (tertiary/aromatic N) is 1. The maximum absolute atomic E-state index is 13.3. The molecule has 0 aliphatic carbocycles. The number of hydrogen-bond donors (Lipinski definition) is 2. The quantitative estimate of drug-likeness (QED) is 0.665. The predicted octanol–water partition coefficient (Wildman–Crippen LogP) is 2.76. The monoisotopic (exact) mass is 273 g/mol. The van der Waals surface area contributed by atoms with Gasteiger partial charge in [-0.25, -0.2) is 9.38 Å². The summed E-state index contributed by atoms with van der Waals surface area (Å²) in [6.45, 7) is 0.278. The first kappa shape index (κ1) is 13.9. The highest BCUT2D eigenvalue weighted by molar-refractivity contribution is 5.92. The molecule has 104 valence electrons. The fourth-order valence-electron chi connectivity index (χ4n) is 1.72. The third-order valence-electron chi connectivity index (χ3n) is 2.64. The SMILES string of the molecule is COc1cc(F)cc(CN=C(N)Nc2ccccc2)c1. The van der Waals surface area contributed by atoms with Gasteiger partial charge in [0.05, 0.1) is 13.7 Å². The van der Waals surface area contributed by atoms with Crippen LogP contribution in [0.1, 0.15) is 5.56 Å². The highest BCUT2D eigenvalue weighted by Gasteiger charge is 2.01. The van der Waals surface area contributed by atoms with E-state index in [4.69, 9.17) is 10.5 Å². The van der Waals surface area contributed by atoms with Gasteiger partial charge >= 0.3 is 0 Å². The normalized spacial score (nSPS) is 11.2. The molecule has 2 aromatic carbocycles. The van der Waals surface area contributed by atoms with E-state index in [-0.39, 0.29) is 18.3 Å². The van der Waals surface area contributed by atoms with Crippen LogP contribution in [-0.4, -0.2) is 13.1 Å². The van der Waals surface area contributed by atoms with Crippen LogP contribution in [0.25, 0.3) is 0 Å². The number of ether oxygens (including phenoxy) is 1. The van der Waals surface area contributed by atoms with Crippen molar-refractivity contribution in [2.24, 2.45) is 10.7 Å². The van der Waals surface area contributed by atoms with E-state index in [2.05, 4.69) is 10.3 Å². The van der Waals surface area contributed by atoms with E-state index in [0.29, 0.717) is 11.3 Å². The highest BCUT2D eigenvalue weighted by Crippen LogP contribution is 2.16. The number of halogens is 1. The minimum atomic E-state index is -0.357. The second-order valence-corrected chi connectivity index (χ2v) is 4.19. The molecule has 0 amide bonds. The Labute approximate surface area is 117 Å². The van der Waals surface area contributed by atoms with Gasteiger partial charge in [-0.05, 0) is 29.8 Å². The maximum Gasteiger partial charge on any atom is 0.193 e. The Bertz CT molecular complexity index is 599. The Kier molecular flexibility index (Phi) is 4.55. The van der Waals surface area contributed by atoms with E-state index >= 15 is 0 Å². The van der Waals surface area contributed by atoms with Crippen LogP contribution in [0.4, 0.5) is 10.1 Å². The van der Waals surface area contributed by atoms with Crippen molar-refractivity contribution in [3.8, 4) is 5.75 Å². The lowest BCUT2D eigenvalue weighted by Gasteiger charge is -2.06. The smallest absolute Gasteiger partial charge is 0.193 e. The number of aliphatic imine (C=N–C) groups is 1. The Morgan fingerprint density at radius 1 is 1.25 bits per heavy atom. The molecule has 0 aliphatic rings. The Morgan fingerprint density at radius 3 is 2.70 bits per heavy atom. The first-order valence-corrected chi connectivity index (χ1v) is 6.13. The van der Waals surface area contributed by atoms with Crippen LogP contribution in [-0.2, 0) is 6.54 Å². The number of rotatable bonds is 4. The number of para-hydroxylation sites is 1. The summed E-state index contributed by atoms with van der Waals surface area (Å²) in [7, 11) is 1.49. The van der Waals surface area contributed by atoms with Gasteiger partial charge in [-0.15, -0.1) is 0 Å². The van der Waals surface area contributed by atoms with Crippen LogP contribution in [0, 0.1) is 5.82 Å². The largest absolute Gasteiger partial charge is 0.497 e. The molecule has 3 N–H and O–H groups in total. The zero-order valence-electron chi connectivity index (χ0n) is 11.1. The minimum Gasteiger partial charge on any atom is -0.497 e. The predicted molar refractivity (Wildman–Crippen MR) is 78.3 cm³/mol. The zero-order valence-corrected chi connectivity index (χ0v) is 11.1. The molecular weight excluding hydrogens is 257 g/mol. The molecule has 0 saturated carbocycles. The van der Waals surface area contributed by atoms with Gasteiger partial charge in [-0.3, -0.25) is 0 Å². The topological polar surface area (TPSA) is 59.6 Å². The lowest BCUT2D eigenvalue weighted by Crippen LogP contribution is -2.22. The van der Waals surface area contributed by atoms with Crippen molar-refractivity contribution in [3.05, 3.63) is 59.9 Å². The molecule has 0 heterocycles. The van der Waals surface area contributed by atoms with E-state index in [9.17, 15) is 4.39 Å². The van der Waals surface area contributed by atoms with Crippen molar-refractivity contribution in [1.82, 2.24) is 0 Å². The molecule has 0 fully saturated rings. The first-order chi connectivity index (χ1) is 9.67. The molecule has 0 atom stereocenters. The van der Waals surface area contributed by atoms with E-state index in [1.54, 1.807) is 6.07 Å². The number of nitrogens with two attached hydrogens (primary N) is 1. The number of methoxy groups -OCH3 is 1. The zero-order chi connectivity index (χ0) is 14.4. The van der Waals surface area contributed by atoms with Crippen LogP contribution < -0.4 is 15.8 Å². The molecule has 4 nitrogen and oxygen atoms in total. The van der Waals surface area contributed by atoms with E-state index in [0.717, 1.165) is 5.69 Å². The average Bonchev–Trinajstić information content (AvgIpc) is 2.45. The fraction of sp³-hybridized carbons (Fsp3) is 0.133. The molecule has 0 saturated heterocycles. The van der Waals surface area contributed by atoms with Gasteiger partial charge < -0.3 is 15.8 Å². The number of anilines is 1. The lowest BCUT2D eigenvalue weighted by atomic mass is 10.2. The Morgan fingerprint density at radius 2 is 2.00 bits per heavy atom. The maximum atomic E-state index is 13.3. The summed E-state index contributed by atoms with van der Waals surface area (Å²) in [5.74, 6) is 0.383. The molecule has 0 unspecified atom stereocenters. The summed E-state index contributed by atoms with van der Waals surface area (Å²) >= 11 is 0. The van der Waals surface area contributed by atoms with Gasteiger partial charge in [0, 0.05) is 11.8 Å². The number of hydrogen-bond acceptors (Lipinski definition) is 2. The molecule has 2 aromatic rings. The molecule has 2 rings (SSSR count). The summed E-state index contributed by atoms with van der Waals surface area (Å²) in [5, 5.41) is 2.96. The van der Waals surface area contributed by atoms with Crippen LogP contribution in [0.3, 0.4) is 0 Å². The van der Waals surface area contributed by atoms with Crippen LogP contribution in [0.5, 0.6) is 5.75 Å². The van der Waals surface area contributed by atoms with Gasteiger partial charge in [0.2, 0.25) is 0 Å². The Balaban J connectivity index is 2.03. The summed E-state index contributed by atoms with van der Waals surface area (Å²) in [4.78, 5) is 4.17. The molecule has 0 aliphatic heterocycles. The van der Waals surface area contributed by atoms with Crippen molar-refractivity contribution in [2.75, 3.05) is 12.4 Å². The number of nitrogens with one attached hydrogen (secondary N) is 1. The second-order valence-electron chi connectivity index (χ2n) is 4.19. The number of benzene rings is 2. The van der Waals surface area contributed by atoms with Gasteiger partial charge in [-0.1, -0.05) is 18.2 Å². The molecule has 20 heavy (non-hydrogen) atoms. The number of guanidine groups is 1. The van der Waals surface area contributed by atoms with E-state index < -0.39 is 0 Å². The Hall–Kier alpha value is -2.56. The van der Waals surface area contributed by atoms with Gasteiger partial charge in [-0.2, -0.15) is 0 Å². The van der Waals surface area contributed by atoms with Crippen LogP contribution in [0.15, 0.2) is 53.5 Å².